The third-order valence-corrected chi connectivity index (χ3v) is 3.60. The van der Waals surface area contributed by atoms with Gasteiger partial charge in [-0.1, -0.05) is 134 Å². The van der Waals surface area contributed by atoms with Crippen LogP contribution in [0.2, 0.25) is 0 Å². The van der Waals surface area contributed by atoms with Crippen molar-refractivity contribution < 1.29 is 0 Å². The van der Waals surface area contributed by atoms with Crippen molar-refractivity contribution in [1.82, 2.24) is 0 Å². The van der Waals surface area contributed by atoms with Gasteiger partial charge < -0.3 is 0 Å². The highest BCUT2D eigenvalue weighted by molar-refractivity contribution is 5.76. The summed E-state index contributed by atoms with van der Waals surface area (Å²) in [5.41, 5.74) is 6.21. The average Bonchev–Trinajstić information content (AvgIpc) is 2.78. The van der Waals surface area contributed by atoms with Crippen LogP contribution in [-0.4, -0.2) is 0 Å². The minimum absolute atomic E-state index is 1.08. The van der Waals surface area contributed by atoms with E-state index in [1.54, 1.807) is 0 Å². The molecule has 2 rings (SSSR count). The second-order valence-electron chi connectivity index (χ2n) is 5.69. The highest BCUT2D eigenvalue weighted by Gasteiger charge is 2.00. The Morgan fingerprint density at radius 2 is 1.21 bits per heavy atom. The molecule has 0 radical (unpaired) electrons. The smallest absolute Gasteiger partial charge is 0.0184 e. The van der Waals surface area contributed by atoms with E-state index < -0.39 is 0 Å². The first kappa shape index (κ1) is 27.9. The van der Waals surface area contributed by atoms with Gasteiger partial charge in [-0.3, -0.25) is 0 Å². The molecule has 0 unspecified atom stereocenters. The summed E-state index contributed by atoms with van der Waals surface area (Å²) in [5, 5.41) is 0. The molecule has 0 aliphatic rings. The third kappa shape index (κ3) is 10.7. The second-order valence-corrected chi connectivity index (χ2v) is 5.69. The van der Waals surface area contributed by atoms with Gasteiger partial charge in [0, 0.05) is 0 Å². The SMILES string of the molecule is C=C/C(=C\C=C/C)c1ccc(-c2ccc(CC)cc2)cc1.CC.CC.CCC. The lowest BCUT2D eigenvalue weighted by atomic mass is 9.99. The van der Waals surface area contributed by atoms with Crippen LogP contribution in [-0.2, 0) is 6.42 Å². The van der Waals surface area contributed by atoms with Crippen molar-refractivity contribution >= 4 is 5.57 Å². The molecule has 0 atom stereocenters. The highest BCUT2D eigenvalue weighted by atomic mass is 14.0. The van der Waals surface area contributed by atoms with E-state index in [-0.39, 0.29) is 0 Å². The maximum atomic E-state index is 3.89. The van der Waals surface area contributed by atoms with Crippen molar-refractivity contribution in [2.75, 3.05) is 0 Å². The van der Waals surface area contributed by atoms with E-state index in [1.807, 2.05) is 52.8 Å². The predicted octanol–water partition coefficient (Wildman–Crippen LogP) is 9.53. The summed E-state index contributed by atoms with van der Waals surface area (Å²) < 4.78 is 0. The highest BCUT2D eigenvalue weighted by Crippen LogP contribution is 2.23. The van der Waals surface area contributed by atoms with Gasteiger partial charge in [0.1, 0.15) is 0 Å². The molecular weight excluding hydrogens is 336 g/mol. The molecule has 28 heavy (non-hydrogen) atoms. The number of hydrogen-bond acceptors (Lipinski definition) is 0. The standard InChI is InChI=1S/C21H22.C3H8.2C2H6/c1-4-7-8-18(6-3)19-13-15-21(16-14-19)20-11-9-17(5-2)10-12-20;1-3-2;2*1-2/h4,6-16H,3,5H2,1-2H3;3H2,1-2H3;2*1-2H3/b7-4-,18-8+;;;. The predicted molar refractivity (Wildman–Crippen MR) is 133 cm³/mol. The second kappa shape index (κ2) is 19.4. The van der Waals surface area contributed by atoms with Crippen LogP contribution >= 0.6 is 0 Å². The number of allylic oxidation sites excluding steroid dienone is 5. The molecule has 154 valence electrons. The normalized spacial score (nSPS) is 9.93. The molecule has 0 heteroatoms. The van der Waals surface area contributed by atoms with Crippen molar-refractivity contribution in [2.45, 2.75) is 68.2 Å². The zero-order valence-corrected chi connectivity index (χ0v) is 19.5. The molecular formula is C28H42. The molecule has 0 aliphatic heterocycles. The molecule has 0 fully saturated rings. The molecule has 0 heterocycles. The van der Waals surface area contributed by atoms with Crippen LogP contribution in [0.3, 0.4) is 0 Å². The molecule has 2 aromatic rings. The third-order valence-electron chi connectivity index (χ3n) is 3.60. The molecule has 0 bridgehead atoms. The zero-order valence-electron chi connectivity index (χ0n) is 19.5. The molecule has 2 aromatic carbocycles. The van der Waals surface area contributed by atoms with Crippen molar-refractivity contribution in [3.05, 3.63) is 90.5 Å². The monoisotopic (exact) mass is 378 g/mol. The lowest BCUT2D eigenvalue weighted by molar-refractivity contribution is 1.09. The van der Waals surface area contributed by atoms with Crippen LogP contribution in [0, 0.1) is 0 Å². The molecule has 0 N–H and O–H groups in total. The zero-order chi connectivity index (χ0) is 21.8. The Bertz CT molecular complexity index is 652. The molecule has 0 amide bonds. The van der Waals surface area contributed by atoms with E-state index in [0.717, 1.165) is 12.0 Å². The van der Waals surface area contributed by atoms with Crippen LogP contribution in [0.4, 0.5) is 0 Å². The first-order valence-corrected chi connectivity index (χ1v) is 10.8. The lowest BCUT2D eigenvalue weighted by Gasteiger charge is -2.06. The Morgan fingerprint density at radius 1 is 0.786 bits per heavy atom. The fraction of sp³-hybridized carbons (Fsp3) is 0.357. The van der Waals surface area contributed by atoms with Gasteiger partial charge in [-0.25, -0.2) is 0 Å². The lowest BCUT2D eigenvalue weighted by Crippen LogP contribution is -1.84. The fourth-order valence-electron chi connectivity index (χ4n) is 2.27. The summed E-state index contributed by atoms with van der Waals surface area (Å²) >= 11 is 0. The summed E-state index contributed by atoms with van der Waals surface area (Å²) in [6, 6.07) is 17.4. The largest absolute Gasteiger partial charge is 0.0984 e. The minimum Gasteiger partial charge on any atom is -0.0984 e. The number of hydrogen-bond donors (Lipinski definition) is 0. The molecule has 0 spiro atoms. The molecule has 0 aromatic heterocycles. The van der Waals surface area contributed by atoms with E-state index in [1.165, 1.54) is 28.7 Å². The Kier molecular flexibility index (Phi) is 19.3. The van der Waals surface area contributed by atoms with Gasteiger partial charge in [-0.2, -0.15) is 0 Å². The van der Waals surface area contributed by atoms with Crippen molar-refractivity contribution in [2.24, 2.45) is 0 Å². The van der Waals surface area contributed by atoms with Gasteiger partial charge in [-0.15, -0.1) is 0 Å². The Labute approximate surface area is 175 Å². The molecule has 0 saturated carbocycles. The molecule has 0 aliphatic carbocycles. The van der Waals surface area contributed by atoms with Crippen molar-refractivity contribution in [1.29, 1.82) is 0 Å². The maximum Gasteiger partial charge on any atom is -0.0184 e. The van der Waals surface area contributed by atoms with Crippen LogP contribution in [0.15, 0.2) is 79.4 Å². The molecule has 0 nitrogen and oxygen atoms in total. The van der Waals surface area contributed by atoms with Gasteiger partial charge in [0.2, 0.25) is 0 Å². The van der Waals surface area contributed by atoms with Gasteiger partial charge in [0.15, 0.2) is 0 Å². The first-order valence-electron chi connectivity index (χ1n) is 10.8. The minimum atomic E-state index is 1.08. The van der Waals surface area contributed by atoms with Crippen LogP contribution in [0.1, 0.15) is 72.9 Å². The van der Waals surface area contributed by atoms with Crippen LogP contribution in [0.5, 0.6) is 0 Å². The van der Waals surface area contributed by atoms with E-state index in [9.17, 15) is 0 Å². The topological polar surface area (TPSA) is 0 Å². The van der Waals surface area contributed by atoms with E-state index in [0.29, 0.717) is 0 Å². The average molecular weight is 379 g/mol. The quantitative estimate of drug-likeness (QED) is 0.454. The summed E-state index contributed by atoms with van der Waals surface area (Å²) in [4.78, 5) is 0. The van der Waals surface area contributed by atoms with E-state index >= 15 is 0 Å². The van der Waals surface area contributed by atoms with Gasteiger partial charge in [0.05, 0.1) is 0 Å². The van der Waals surface area contributed by atoms with E-state index in [4.69, 9.17) is 0 Å². The van der Waals surface area contributed by atoms with Crippen LogP contribution in [0.25, 0.3) is 16.7 Å². The van der Waals surface area contributed by atoms with Gasteiger partial charge in [-0.05, 0) is 41.2 Å². The van der Waals surface area contributed by atoms with Crippen molar-refractivity contribution in [3.63, 3.8) is 0 Å². The first-order chi connectivity index (χ1) is 13.7. The number of rotatable bonds is 5. The summed E-state index contributed by atoms with van der Waals surface area (Å²) in [5.74, 6) is 0. The number of aryl methyl sites for hydroxylation is 1. The van der Waals surface area contributed by atoms with Gasteiger partial charge >= 0.3 is 0 Å². The number of benzene rings is 2. The van der Waals surface area contributed by atoms with E-state index in [2.05, 4.69) is 82.0 Å². The summed E-state index contributed by atoms with van der Waals surface area (Å²) in [6.45, 7) is 20.3. The van der Waals surface area contributed by atoms with Gasteiger partial charge in [0.25, 0.3) is 0 Å². The Morgan fingerprint density at radius 3 is 1.57 bits per heavy atom. The Hall–Kier alpha value is -2.34. The van der Waals surface area contributed by atoms with Crippen molar-refractivity contribution in [3.8, 4) is 11.1 Å². The van der Waals surface area contributed by atoms with Crippen LogP contribution < -0.4 is 0 Å². The maximum absolute atomic E-state index is 3.89. The molecule has 0 saturated heterocycles. The summed E-state index contributed by atoms with van der Waals surface area (Å²) in [6.07, 6.45) is 10.4. The summed E-state index contributed by atoms with van der Waals surface area (Å²) in [7, 11) is 0. The Balaban J connectivity index is 0. The fourth-order valence-corrected chi connectivity index (χ4v) is 2.27.